The molecule has 3 aromatic heterocycles. The van der Waals surface area contributed by atoms with Crippen molar-refractivity contribution < 1.29 is 9.18 Å². The molecule has 35 heavy (non-hydrogen) atoms. The van der Waals surface area contributed by atoms with Crippen LogP contribution in [0.1, 0.15) is 58.8 Å². The van der Waals surface area contributed by atoms with Crippen molar-refractivity contribution in [3.63, 3.8) is 0 Å². The van der Waals surface area contributed by atoms with E-state index in [0.29, 0.717) is 22.2 Å². The number of fused-ring (bicyclic) bond motifs is 2. The van der Waals surface area contributed by atoms with Crippen molar-refractivity contribution in [3.8, 4) is 10.6 Å². The predicted molar refractivity (Wildman–Crippen MR) is 135 cm³/mol. The predicted octanol–water partition coefficient (Wildman–Crippen LogP) is 4.80. The summed E-state index contributed by atoms with van der Waals surface area (Å²) >= 11 is 1.50. The summed E-state index contributed by atoms with van der Waals surface area (Å²) in [4.78, 5) is 31.9. The molecule has 1 aliphatic carbocycles. The molecular formula is C26H29FN6OS. The summed E-state index contributed by atoms with van der Waals surface area (Å²) in [6, 6.07) is 5.84. The number of hydrogen-bond acceptors (Lipinski definition) is 7. The zero-order chi connectivity index (χ0) is 24.2. The first kappa shape index (κ1) is 22.5. The second-order valence-electron chi connectivity index (χ2n) is 10.2. The molecule has 1 saturated heterocycles. The fourth-order valence-electron chi connectivity index (χ4n) is 5.63. The van der Waals surface area contributed by atoms with Crippen molar-refractivity contribution in [1.29, 1.82) is 0 Å². The number of thiophene rings is 1. The highest BCUT2D eigenvalue weighted by molar-refractivity contribution is 7.16. The highest BCUT2D eigenvalue weighted by atomic mass is 32.1. The van der Waals surface area contributed by atoms with Crippen molar-refractivity contribution >= 4 is 29.0 Å². The van der Waals surface area contributed by atoms with E-state index >= 15 is 0 Å². The summed E-state index contributed by atoms with van der Waals surface area (Å²) in [6.07, 6.45) is 8.67. The molecule has 1 saturated carbocycles. The molecular weight excluding hydrogens is 463 g/mol. The molecule has 0 atom stereocenters. The molecule has 0 radical (unpaired) electrons. The lowest BCUT2D eigenvalue weighted by molar-refractivity contribution is 0.0659. The number of carbonyl (C=O) groups is 1. The fraction of sp³-hybridized carbons (Fsp3) is 0.462. The Bertz CT molecular complexity index is 1260. The summed E-state index contributed by atoms with van der Waals surface area (Å²) in [5.74, 6) is 0.945. The Hall–Kier alpha value is -2.91. The van der Waals surface area contributed by atoms with Gasteiger partial charge in [-0.25, -0.2) is 19.3 Å². The van der Waals surface area contributed by atoms with Gasteiger partial charge in [-0.1, -0.05) is 12.5 Å². The van der Waals surface area contributed by atoms with Crippen LogP contribution in [-0.2, 0) is 5.41 Å². The number of pyridine rings is 1. The molecule has 0 bridgehead atoms. The summed E-state index contributed by atoms with van der Waals surface area (Å²) < 4.78 is 14.8. The topological polar surface area (TPSA) is 74.2 Å². The minimum Gasteiger partial charge on any atom is -0.341 e. The number of likely N-dealkylation sites (N-methyl/N-ethyl adjacent to an activating group) is 1. The lowest BCUT2D eigenvalue weighted by Crippen LogP contribution is -2.50. The van der Waals surface area contributed by atoms with E-state index < -0.39 is 5.82 Å². The van der Waals surface area contributed by atoms with Gasteiger partial charge in [0.1, 0.15) is 11.5 Å². The van der Waals surface area contributed by atoms with Gasteiger partial charge in [0.15, 0.2) is 5.82 Å². The highest BCUT2D eigenvalue weighted by Crippen LogP contribution is 2.52. The number of carbonyl (C=O) groups excluding carboxylic acids is 1. The van der Waals surface area contributed by atoms with Crippen LogP contribution in [0.15, 0.2) is 30.6 Å². The molecule has 182 valence electrons. The average molecular weight is 493 g/mol. The first-order valence-electron chi connectivity index (χ1n) is 12.3. The molecule has 7 nitrogen and oxygen atoms in total. The Labute approximate surface area is 208 Å². The van der Waals surface area contributed by atoms with E-state index in [9.17, 15) is 9.18 Å². The van der Waals surface area contributed by atoms with Crippen LogP contribution in [-0.4, -0.2) is 64.4 Å². The Balaban J connectivity index is 1.25. The van der Waals surface area contributed by atoms with Gasteiger partial charge in [0.25, 0.3) is 5.91 Å². The van der Waals surface area contributed by atoms with Crippen molar-refractivity contribution in [1.82, 2.24) is 24.8 Å². The van der Waals surface area contributed by atoms with Gasteiger partial charge in [0, 0.05) is 30.1 Å². The van der Waals surface area contributed by atoms with Gasteiger partial charge < -0.3 is 15.1 Å². The van der Waals surface area contributed by atoms with Crippen LogP contribution in [0.25, 0.3) is 10.6 Å². The lowest BCUT2D eigenvalue weighted by Gasteiger charge is -2.47. The number of anilines is 2. The number of amides is 1. The second-order valence-corrected chi connectivity index (χ2v) is 11.3. The lowest BCUT2D eigenvalue weighted by atomic mass is 9.65. The van der Waals surface area contributed by atoms with Crippen LogP contribution in [0.4, 0.5) is 16.2 Å². The van der Waals surface area contributed by atoms with Gasteiger partial charge in [-0.15, -0.1) is 11.3 Å². The van der Waals surface area contributed by atoms with E-state index in [4.69, 9.17) is 0 Å². The third-order valence-electron chi connectivity index (χ3n) is 7.84. The van der Waals surface area contributed by atoms with Crippen LogP contribution in [0.2, 0.25) is 0 Å². The van der Waals surface area contributed by atoms with Crippen LogP contribution in [0.3, 0.4) is 0 Å². The number of likely N-dealkylation sites (tertiary alicyclic amines) is 1. The molecule has 6 rings (SSSR count). The Kier molecular flexibility index (Phi) is 5.56. The molecule has 2 aliphatic heterocycles. The van der Waals surface area contributed by atoms with Crippen LogP contribution >= 0.6 is 11.3 Å². The number of piperidine rings is 1. The van der Waals surface area contributed by atoms with E-state index in [1.807, 2.05) is 25.4 Å². The van der Waals surface area contributed by atoms with Gasteiger partial charge in [-0.05, 0) is 69.4 Å². The molecule has 9 heteroatoms. The summed E-state index contributed by atoms with van der Waals surface area (Å²) in [5, 5.41) is 3.12. The standard InChI is InChI=1S/C26H29FN6OS/c1-32-10-6-16(7-11-32)17-4-5-21(28-13-17)30-25-29-14-19(27)22(31-25)20-12-18-23(35-20)26(8-3-9-26)15-33(2)24(18)34/h4-5,12-14,16H,3,6-11,15H2,1-2H3,(H,28,29,30,31). The normalized spacial score (nSPS) is 20.1. The molecule has 3 aromatic rings. The molecule has 0 aromatic carbocycles. The number of rotatable bonds is 4. The summed E-state index contributed by atoms with van der Waals surface area (Å²) in [5.41, 5.74) is 2.17. The molecule has 3 aliphatic rings. The number of halogens is 1. The van der Waals surface area contributed by atoms with E-state index in [2.05, 4.69) is 38.3 Å². The van der Waals surface area contributed by atoms with Gasteiger partial charge in [-0.2, -0.15) is 0 Å². The molecule has 2 fully saturated rings. The quantitative estimate of drug-likeness (QED) is 0.564. The third kappa shape index (κ3) is 4.00. The highest BCUT2D eigenvalue weighted by Gasteiger charge is 2.47. The molecule has 1 spiro atoms. The van der Waals surface area contributed by atoms with Crippen LogP contribution in [0, 0.1) is 5.82 Å². The van der Waals surface area contributed by atoms with E-state index in [0.717, 1.165) is 56.6 Å². The molecule has 5 heterocycles. The summed E-state index contributed by atoms with van der Waals surface area (Å²) in [6.45, 7) is 2.94. The minimum atomic E-state index is -0.497. The maximum absolute atomic E-state index is 14.8. The van der Waals surface area contributed by atoms with E-state index in [1.165, 1.54) is 23.1 Å². The van der Waals surface area contributed by atoms with Crippen LogP contribution in [0.5, 0.6) is 0 Å². The van der Waals surface area contributed by atoms with Crippen molar-refractivity contribution in [2.24, 2.45) is 0 Å². The zero-order valence-electron chi connectivity index (χ0n) is 20.1. The van der Waals surface area contributed by atoms with Crippen molar-refractivity contribution in [2.75, 3.05) is 39.0 Å². The first-order valence-corrected chi connectivity index (χ1v) is 13.1. The minimum absolute atomic E-state index is 0.00161. The SMILES string of the molecule is CN1CCC(c2ccc(Nc3ncc(F)c(-c4cc5c(s4)C4(CCC4)CN(C)C5=O)n3)nc2)CC1. The Morgan fingerprint density at radius 1 is 1.14 bits per heavy atom. The summed E-state index contributed by atoms with van der Waals surface area (Å²) in [7, 11) is 4.01. The van der Waals surface area contributed by atoms with Gasteiger partial charge in [0.05, 0.1) is 16.6 Å². The number of nitrogens with one attached hydrogen (secondary N) is 1. The zero-order valence-corrected chi connectivity index (χ0v) is 20.9. The Morgan fingerprint density at radius 3 is 2.63 bits per heavy atom. The maximum atomic E-state index is 14.8. The number of hydrogen-bond donors (Lipinski definition) is 1. The largest absolute Gasteiger partial charge is 0.341 e. The first-order chi connectivity index (χ1) is 16.9. The number of aromatic nitrogens is 3. The van der Waals surface area contributed by atoms with E-state index in [-0.39, 0.29) is 23.0 Å². The maximum Gasteiger partial charge on any atom is 0.254 e. The monoisotopic (exact) mass is 492 g/mol. The van der Waals surface area contributed by atoms with Gasteiger partial charge >= 0.3 is 0 Å². The average Bonchev–Trinajstić information content (AvgIpc) is 3.28. The van der Waals surface area contributed by atoms with Crippen molar-refractivity contribution in [2.45, 2.75) is 43.4 Å². The number of nitrogens with zero attached hydrogens (tertiary/aromatic N) is 5. The molecule has 1 N–H and O–H groups in total. The Morgan fingerprint density at radius 2 is 1.94 bits per heavy atom. The van der Waals surface area contributed by atoms with Crippen LogP contribution < -0.4 is 5.32 Å². The van der Waals surface area contributed by atoms with Crippen molar-refractivity contribution in [3.05, 3.63) is 52.4 Å². The smallest absolute Gasteiger partial charge is 0.254 e. The van der Waals surface area contributed by atoms with E-state index in [1.54, 1.807) is 4.90 Å². The van der Waals surface area contributed by atoms with Gasteiger partial charge in [-0.3, -0.25) is 4.79 Å². The fourth-order valence-corrected chi connectivity index (χ4v) is 7.01. The molecule has 1 amide bonds. The van der Waals surface area contributed by atoms with Gasteiger partial charge in [0.2, 0.25) is 5.95 Å². The molecule has 0 unspecified atom stereocenters. The second kappa shape index (κ2) is 8.64. The third-order valence-corrected chi connectivity index (χ3v) is 9.22.